The van der Waals surface area contributed by atoms with Crippen LogP contribution in [0.3, 0.4) is 0 Å². The molecule has 0 fully saturated rings. The van der Waals surface area contributed by atoms with Crippen molar-refractivity contribution in [3.63, 3.8) is 0 Å². The van der Waals surface area contributed by atoms with Gasteiger partial charge in [0.05, 0.1) is 0 Å². The van der Waals surface area contributed by atoms with Crippen molar-refractivity contribution in [1.82, 2.24) is 0 Å². The predicted octanol–water partition coefficient (Wildman–Crippen LogP) is 3.87. The van der Waals surface area contributed by atoms with E-state index >= 15 is 0 Å². The summed E-state index contributed by atoms with van der Waals surface area (Å²) >= 11 is 0. The Kier molecular flexibility index (Phi) is 2.56. The Morgan fingerprint density at radius 1 is 1.17 bits per heavy atom. The van der Waals surface area contributed by atoms with Crippen molar-refractivity contribution in [1.29, 1.82) is 0 Å². The SMILES string of the molecule is CCC1=C(C)C=CC(C)(C)C=C1. The third-order valence-corrected chi connectivity index (χ3v) is 2.36. The van der Waals surface area contributed by atoms with Crippen LogP contribution in [0.4, 0.5) is 0 Å². The summed E-state index contributed by atoms with van der Waals surface area (Å²) in [5.74, 6) is 0. The highest BCUT2D eigenvalue weighted by molar-refractivity contribution is 5.36. The number of allylic oxidation sites excluding steroid dienone is 6. The second-order valence-electron chi connectivity index (χ2n) is 4.05. The van der Waals surface area contributed by atoms with Gasteiger partial charge in [-0.3, -0.25) is 0 Å². The fourth-order valence-electron chi connectivity index (χ4n) is 1.35. The van der Waals surface area contributed by atoms with Crippen LogP contribution in [0, 0.1) is 5.41 Å². The lowest BCUT2D eigenvalue weighted by molar-refractivity contribution is 0.626. The molecule has 0 aliphatic heterocycles. The van der Waals surface area contributed by atoms with E-state index in [4.69, 9.17) is 0 Å². The first kappa shape index (κ1) is 9.31. The van der Waals surface area contributed by atoms with Crippen LogP contribution in [0.25, 0.3) is 0 Å². The molecule has 0 unspecified atom stereocenters. The average molecular weight is 162 g/mol. The molecule has 0 spiro atoms. The van der Waals surface area contributed by atoms with E-state index < -0.39 is 0 Å². The molecule has 0 saturated carbocycles. The van der Waals surface area contributed by atoms with Crippen LogP contribution in [0.5, 0.6) is 0 Å². The third-order valence-electron chi connectivity index (χ3n) is 2.36. The van der Waals surface area contributed by atoms with Gasteiger partial charge in [-0.25, -0.2) is 0 Å². The standard InChI is InChI=1S/C12H18/c1-5-11-7-9-12(3,4)8-6-10(11)2/h6-9H,5H2,1-4H3. The van der Waals surface area contributed by atoms with Gasteiger partial charge < -0.3 is 0 Å². The highest BCUT2D eigenvalue weighted by Crippen LogP contribution is 2.26. The molecule has 1 aliphatic carbocycles. The summed E-state index contributed by atoms with van der Waals surface area (Å²) in [5.41, 5.74) is 3.08. The molecule has 0 aromatic rings. The molecule has 0 N–H and O–H groups in total. The minimum atomic E-state index is 0.220. The summed E-state index contributed by atoms with van der Waals surface area (Å²) < 4.78 is 0. The summed E-state index contributed by atoms with van der Waals surface area (Å²) in [6.07, 6.45) is 10.2. The quantitative estimate of drug-likeness (QED) is 0.549. The van der Waals surface area contributed by atoms with Crippen LogP contribution in [-0.4, -0.2) is 0 Å². The van der Waals surface area contributed by atoms with Crippen molar-refractivity contribution in [3.05, 3.63) is 35.5 Å². The van der Waals surface area contributed by atoms with Gasteiger partial charge in [0.15, 0.2) is 0 Å². The van der Waals surface area contributed by atoms with Gasteiger partial charge in [-0.15, -0.1) is 0 Å². The maximum atomic E-state index is 2.28. The molecule has 0 radical (unpaired) electrons. The molecule has 0 saturated heterocycles. The summed E-state index contributed by atoms with van der Waals surface area (Å²) in [4.78, 5) is 0. The first-order valence-electron chi connectivity index (χ1n) is 4.63. The van der Waals surface area contributed by atoms with Gasteiger partial charge >= 0.3 is 0 Å². The van der Waals surface area contributed by atoms with E-state index in [0.717, 1.165) is 6.42 Å². The predicted molar refractivity (Wildman–Crippen MR) is 55.1 cm³/mol. The van der Waals surface area contributed by atoms with E-state index in [1.165, 1.54) is 11.1 Å². The third kappa shape index (κ3) is 2.10. The van der Waals surface area contributed by atoms with Crippen molar-refractivity contribution in [2.45, 2.75) is 34.1 Å². The van der Waals surface area contributed by atoms with E-state index in [1.807, 2.05) is 0 Å². The maximum absolute atomic E-state index is 2.28. The van der Waals surface area contributed by atoms with Crippen LogP contribution in [0.1, 0.15) is 34.1 Å². The molecule has 12 heavy (non-hydrogen) atoms. The Labute approximate surface area is 75.7 Å². The molecular weight excluding hydrogens is 144 g/mol. The van der Waals surface area contributed by atoms with E-state index in [0.29, 0.717) is 0 Å². The van der Waals surface area contributed by atoms with Crippen LogP contribution in [0.2, 0.25) is 0 Å². The summed E-state index contributed by atoms with van der Waals surface area (Å²) in [6.45, 7) is 8.84. The molecule has 0 bridgehead atoms. The highest BCUT2D eigenvalue weighted by atomic mass is 14.2. The first-order valence-corrected chi connectivity index (χ1v) is 4.63. The number of rotatable bonds is 1. The largest absolute Gasteiger partial charge is 0.0748 e. The topological polar surface area (TPSA) is 0 Å². The van der Waals surface area contributed by atoms with Crippen LogP contribution in [0.15, 0.2) is 35.5 Å². The van der Waals surface area contributed by atoms with E-state index in [9.17, 15) is 0 Å². The molecule has 1 rings (SSSR count). The minimum absolute atomic E-state index is 0.220. The second-order valence-corrected chi connectivity index (χ2v) is 4.05. The molecule has 1 aliphatic rings. The van der Waals surface area contributed by atoms with Crippen LogP contribution >= 0.6 is 0 Å². The van der Waals surface area contributed by atoms with Crippen molar-refractivity contribution >= 4 is 0 Å². The van der Waals surface area contributed by atoms with Crippen molar-refractivity contribution in [2.24, 2.45) is 5.41 Å². The molecule has 0 heterocycles. The summed E-state index contributed by atoms with van der Waals surface area (Å²) in [7, 11) is 0. The fraction of sp³-hybridized carbons (Fsp3) is 0.500. The minimum Gasteiger partial charge on any atom is -0.0748 e. The Hall–Kier alpha value is -0.780. The summed E-state index contributed by atoms with van der Waals surface area (Å²) in [6, 6.07) is 0. The molecule has 0 aromatic heterocycles. The van der Waals surface area contributed by atoms with Gasteiger partial charge in [-0.2, -0.15) is 0 Å². The Morgan fingerprint density at radius 2 is 1.75 bits per heavy atom. The van der Waals surface area contributed by atoms with Gasteiger partial charge in [-0.1, -0.05) is 45.1 Å². The van der Waals surface area contributed by atoms with E-state index in [2.05, 4.69) is 52.0 Å². The fourth-order valence-corrected chi connectivity index (χ4v) is 1.35. The zero-order valence-electron chi connectivity index (χ0n) is 8.52. The van der Waals surface area contributed by atoms with E-state index in [1.54, 1.807) is 0 Å². The normalized spacial score (nSPS) is 21.3. The lowest BCUT2D eigenvalue weighted by atomic mass is 9.93. The van der Waals surface area contributed by atoms with Crippen LogP contribution in [-0.2, 0) is 0 Å². The van der Waals surface area contributed by atoms with Gasteiger partial charge in [0.25, 0.3) is 0 Å². The summed E-state index contributed by atoms with van der Waals surface area (Å²) in [5, 5.41) is 0. The van der Waals surface area contributed by atoms with Crippen molar-refractivity contribution < 1.29 is 0 Å². The van der Waals surface area contributed by atoms with Crippen molar-refractivity contribution in [3.8, 4) is 0 Å². The molecule has 0 amide bonds. The first-order chi connectivity index (χ1) is 5.55. The molecule has 0 heteroatoms. The zero-order chi connectivity index (χ0) is 9.19. The molecule has 0 aromatic carbocycles. The zero-order valence-corrected chi connectivity index (χ0v) is 8.52. The van der Waals surface area contributed by atoms with Gasteiger partial charge in [0.1, 0.15) is 0 Å². The van der Waals surface area contributed by atoms with E-state index in [-0.39, 0.29) is 5.41 Å². The lowest BCUT2D eigenvalue weighted by Gasteiger charge is -2.12. The number of hydrogen-bond donors (Lipinski definition) is 0. The van der Waals surface area contributed by atoms with Crippen LogP contribution < -0.4 is 0 Å². The molecule has 0 nitrogen and oxygen atoms in total. The van der Waals surface area contributed by atoms with Crippen molar-refractivity contribution in [2.75, 3.05) is 0 Å². The lowest BCUT2D eigenvalue weighted by Crippen LogP contribution is -2.00. The Morgan fingerprint density at radius 3 is 2.33 bits per heavy atom. The van der Waals surface area contributed by atoms with Gasteiger partial charge in [-0.05, 0) is 24.5 Å². The Bertz CT molecular complexity index is 249. The smallest absolute Gasteiger partial charge is 0.00108 e. The van der Waals surface area contributed by atoms with Gasteiger partial charge in [0, 0.05) is 5.41 Å². The molecule has 66 valence electrons. The van der Waals surface area contributed by atoms with Gasteiger partial charge in [0.2, 0.25) is 0 Å². The monoisotopic (exact) mass is 162 g/mol. The molecule has 0 atom stereocenters. The second kappa shape index (κ2) is 3.30. The number of hydrogen-bond acceptors (Lipinski definition) is 0. The maximum Gasteiger partial charge on any atom is 0.00108 e. The highest BCUT2D eigenvalue weighted by Gasteiger charge is 2.11. The molecular formula is C12H18. The average Bonchev–Trinajstić information content (AvgIpc) is 2.13. The Balaban J connectivity index is 2.99.